The van der Waals surface area contributed by atoms with E-state index >= 15 is 0 Å². The van der Waals surface area contributed by atoms with Crippen molar-refractivity contribution in [1.82, 2.24) is 0 Å². The van der Waals surface area contributed by atoms with Crippen LogP contribution >= 0.6 is 0 Å². The average Bonchev–Trinajstić information content (AvgIpc) is 1.00. The van der Waals surface area contributed by atoms with Gasteiger partial charge in [0.15, 0.2) is 17.4 Å². The monoisotopic (exact) mass is 224 g/mol. The molecule has 0 aromatic carbocycles. The van der Waals surface area contributed by atoms with Crippen molar-refractivity contribution >= 4 is 36.2 Å². The molecule has 0 aliphatic heterocycles. The quantitative estimate of drug-likeness (QED) is 0.436. The van der Waals surface area contributed by atoms with Gasteiger partial charge >= 0.3 is 38.6 Å². The molecule has 0 aromatic rings. The van der Waals surface area contributed by atoms with Crippen molar-refractivity contribution in [3.05, 3.63) is 0 Å². The summed E-state index contributed by atoms with van der Waals surface area (Å²) < 4.78 is 8.06. The summed E-state index contributed by atoms with van der Waals surface area (Å²) in [6.07, 6.45) is 0. The van der Waals surface area contributed by atoms with E-state index in [1.807, 2.05) is 0 Å². The van der Waals surface area contributed by atoms with E-state index in [1.54, 1.807) is 15.9 Å². The van der Waals surface area contributed by atoms with Gasteiger partial charge in [0.1, 0.15) is 0 Å². The van der Waals surface area contributed by atoms with E-state index in [0.717, 1.165) is 0 Å². The number of rotatable bonds is 0. The van der Waals surface area contributed by atoms with Crippen LogP contribution in [0.15, 0.2) is 0 Å². The molecule has 0 aliphatic rings. The maximum absolute atomic E-state index is 8.06. The third-order valence-corrected chi connectivity index (χ3v) is 0. The van der Waals surface area contributed by atoms with Crippen molar-refractivity contribution < 1.29 is 53.6 Å². The first-order chi connectivity index (χ1) is 1.00. The first-order valence-corrected chi connectivity index (χ1v) is 0.636. The van der Waals surface area contributed by atoms with Crippen LogP contribution in [0.2, 0.25) is 0 Å². The molecule has 0 saturated carbocycles. The molecule has 0 spiro atoms. The van der Waals surface area contributed by atoms with Crippen LogP contribution in [0, 0.1) is 0 Å². The second-order valence-electron chi connectivity index (χ2n) is 0. The normalized spacial score (nSPS) is 0.667. The Morgan fingerprint density at radius 2 is 1.17 bits per heavy atom. The van der Waals surface area contributed by atoms with E-state index in [0.29, 0.717) is 0 Å². The zero-order valence-electron chi connectivity index (χ0n) is 1.47. The van der Waals surface area contributed by atoms with Crippen LogP contribution in [-0.4, -0.2) is 36.2 Å². The van der Waals surface area contributed by atoms with Gasteiger partial charge in [-0.3, -0.25) is 0 Å². The molecular weight excluding hydrogens is 220 g/mol. The Morgan fingerprint density at radius 3 is 1.17 bits per heavy atom. The van der Waals surface area contributed by atoms with Gasteiger partial charge in [-0.2, -0.15) is 0 Å². The molecule has 0 aromatic heterocycles. The van der Waals surface area contributed by atoms with Crippen molar-refractivity contribution in [3.8, 4) is 0 Å². The van der Waals surface area contributed by atoms with Crippen LogP contribution in [0.25, 0.3) is 0 Å². The van der Waals surface area contributed by atoms with Crippen molar-refractivity contribution in [3.63, 3.8) is 0 Å². The Labute approximate surface area is 88.8 Å². The molecule has 6 heavy (non-hydrogen) atoms. The fourth-order valence-corrected chi connectivity index (χ4v) is 0. The Bertz CT molecular complexity index is 15.5. The van der Waals surface area contributed by atoms with Gasteiger partial charge in [-0.15, -0.1) is 0 Å². The Hall–Kier alpha value is 2.48. The molecule has 0 heterocycles. The molecular formula is H4AlCoFeLiMnO. The van der Waals surface area contributed by atoms with Crippen molar-refractivity contribution in [1.29, 1.82) is 0 Å². The van der Waals surface area contributed by atoms with E-state index in [-0.39, 0.29) is 70.1 Å². The van der Waals surface area contributed by atoms with Crippen molar-refractivity contribution in [2.75, 3.05) is 0 Å². The predicted molar refractivity (Wildman–Crippen MR) is 17.8 cm³/mol. The predicted octanol–water partition coefficient (Wildman–Crippen LogP) is -1.96. The van der Waals surface area contributed by atoms with Crippen LogP contribution in [0.4, 0.5) is 0 Å². The first-order valence-electron chi connectivity index (χ1n) is 0.154. The standard InChI is InChI=1S/Al.Co.Fe.Li.Mn.O.4H. The minimum absolute atomic E-state index is 0. The third kappa shape index (κ3) is 31.7. The summed E-state index contributed by atoms with van der Waals surface area (Å²) in [5, 5.41) is 0. The molecule has 0 bridgehead atoms. The van der Waals surface area contributed by atoms with E-state index in [1.165, 1.54) is 0 Å². The van der Waals surface area contributed by atoms with Crippen molar-refractivity contribution in [2.24, 2.45) is 0 Å². The molecule has 6 heteroatoms. The zero-order valence-corrected chi connectivity index (χ0v) is 4.80. The van der Waals surface area contributed by atoms with E-state index in [2.05, 4.69) is 0 Å². The fraction of sp³-hybridized carbons (Fsp3) is 0. The molecule has 1 nitrogen and oxygen atoms in total. The summed E-state index contributed by atoms with van der Waals surface area (Å²) in [4.78, 5) is 0. The number of hydrogen-bond donors (Lipinski definition) is 0. The van der Waals surface area contributed by atoms with Gasteiger partial charge in [0, 0.05) is 33.8 Å². The molecule has 0 saturated heterocycles. The second kappa shape index (κ2) is 51.2. The average molecular weight is 224 g/mol. The molecule has 0 aliphatic carbocycles. The fourth-order valence-electron chi connectivity index (χ4n) is 0. The number of hydrogen-bond acceptors (Lipinski definition) is 1. The summed E-state index contributed by atoms with van der Waals surface area (Å²) >= 11 is 1.69. The second-order valence-corrected chi connectivity index (χ2v) is 0. The molecule has 0 fully saturated rings. The molecule has 0 unspecified atom stereocenters. The molecule has 0 N–H and O–H groups in total. The van der Waals surface area contributed by atoms with Crippen LogP contribution in [0.3, 0.4) is 0 Å². The summed E-state index contributed by atoms with van der Waals surface area (Å²) in [7, 11) is 0. The van der Waals surface area contributed by atoms with Gasteiger partial charge in [-0.25, -0.2) is 0 Å². The van der Waals surface area contributed by atoms with Crippen LogP contribution in [-0.2, 0) is 53.6 Å². The molecule has 1 radical (unpaired) electrons. The van der Waals surface area contributed by atoms with Gasteiger partial charge in [-0.05, 0) is 0 Å². The van der Waals surface area contributed by atoms with E-state index in [4.69, 9.17) is 3.83 Å². The van der Waals surface area contributed by atoms with Gasteiger partial charge < -0.3 is 0 Å². The Morgan fingerprint density at radius 1 is 1.17 bits per heavy atom. The van der Waals surface area contributed by atoms with Gasteiger partial charge in [-0.1, -0.05) is 0 Å². The van der Waals surface area contributed by atoms with Crippen LogP contribution < -0.4 is 0 Å². The SMILES string of the molecule is [AlH3].[Co].[Fe].[LiH].[O]=[Mn]. The summed E-state index contributed by atoms with van der Waals surface area (Å²) in [6, 6.07) is 0. The van der Waals surface area contributed by atoms with Gasteiger partial charge in [0.25, 0.3) is 0 Å². The first kappa shape index (κ1) is 39.2. The third-order valence-electron chi connectivity index (χ3n) is 0. The van der Waals surface area contributed by atoms with Gasteiger partial charge in [0.2, 0.25) is 0 Å². The van der Waals surface area contributed by atoms with Crippen LogP contribution in [0.1, 0.15) is 0 Å². The van der Waals surface area contributed by atoms with E-state index in [9.17, 15) is 0 Å². The summed E-state index contributed by atoms with van der Waals surface area (Å²) in [6.45, 7) is 0. The Balaban J connectivity index is -0.000000000833. The molecule has 38 valence electrons. The maximum atomic E-state index is 8.06. The molecule has 0 rings (SSSR count). The molecule has 0 atom stereocenters. The van der Waals surface area contributed by atoms with Crippen LogP contribution in [0.5, 0.6) is 0 Å². The topological polar surface area (TPSA) is 17.1 Å². The minimum atomic E-state index is 0. The molecule has 0 amide bonds. The Kier molecular flexibility index (Phi) is 334. The van der Waals surface area contributed by atoms with Gasteiger partial charge in [0.05, 0.1) is 0 Å². The summed E-state index contributed by atoms with van der Waals surface area (Å²) in [5.74, 6) is 0. The van der Waals surface area contributed by atoms with Crippen molar-refractivity contribution in [2.45, 2.75) is 0 Å². The summed E-state index contributed by atoms with van der Waals surface area (Å²) in [5.41, 5.74) is 0. The van der Waals surface area contributed by atoms with E-state index < -0.39 is 0 Å². The zero-order chi connectivity index (χ0) is 2.00.